The van der Waals surface area contributed by atoms with E-state index in [1.165, 1.54) is 11.6 Å². The highest BCUT2D eigenvalue weighted by Crippen LogP contribution is 2.16. The van der Waals surface area contributed by atoms with Crippen LogP contribution in [0.5, 0.6) is 0 Å². The van der Waals surface area contributed by atoms with E-state index >= 15 is 0 Å². The van der Waals surface area contributed by atoms with E-state index in [2.05, 4.69) is 19.2 Å². The Morgan fingerprint density at radius 2 is 1.80 bits per heavy atom. The van der Waals surface area contributed by atoms with E-state index in [-0.39, 0.29) is 24.1 Å². The summed E-state index contributed by atoms with van der Waals surface area (Å²) in [5.74, 6) is -0.747. The molecule has 0 aliphatic rings. The lowest BCUT2D eigenvalue weighted by molar-refractivity contribution is -0.144. The van der Waals surface area contributed by atoms with Crippen molar-refractivity contribution >= 4 is 18.0 Å². The molecule has 0 fully saturated rings. The van der Waals surface area contributed by atoms with E-state index in [0.29, 0.717) is 5.92 Å². The van der Waals surface area contributed by atoms with E-state index in [1.807, 2.05) is 44.2 Å². The number of esters is 1. The van der Waals surface area contributed by atoms with Crippen molar-refractivity contribution in [3.8, 4) is 6.07 Å². The number of nitrogens with one attached hydrogen (secondary N) is 1. The molecule has 0 aromatic heterocycles. The number of ether oxygens (including phenoxy) is 1. The zero-order valence-electron chi connectivity index (χ0n) is 15.3. The molecule has 0 bridgehead atoms. The van der Waals surface area contributed by atoms with Crippen molar-refractivity contribution < 1.29 is 14.3 Å². The lowest BCUT2D eigenvalue weighted by atomic mass is 10.0. The van der Waals surface area contributed by atoms with Crippen molar-refractivity contribution in [3.63, 3.8) is 0 Å². The smallest absolute Gasteiger partial charge is 0.349 e. The highest BCUT2D eigenvalue weighted by molar-refractivity contribution is 5.98. The third-order valence-corrected chi connectivity index (χ3v) is 3.94. The maximum atomic E-state index is 12.0. The van der Waals surface area contributed by atoms with Crippen LogP contribution in [0, 0.1) is 11.3 Å². The fraction of sp³-hybridized carbons (Fsp3) is 0.450. The predicted octanol–water partition coefficient (Wildman–Crippen LogP) is 3.56. The number of rotatable bonds is 8. The van der Waals surface area contributed by atoms with Crippen molar-refractivity contribution in [2.75, 3.05) is 6.61 Å². The van der Waals surface area contributed by atoms with Crippen molar-refractivity contribution in [2.24, 2.45) is 0 Å². The fourth-order valence-corrected chi connectivity index (χ4v) is 2.25. The van der Waals surface area contributed by atoms with Crippen LogP contribution in [-0.2, 0) is 14.3 Å². The van der Waals surface area contributed by atoms with Gasteiger partial charge in [0.15, 0.2) is 6.61 Å². The first-order valence-corrected chi connectivity index (χ1v) is 8.59. The molecular formula is C20H26N2O3. The molecule has 5 heteroatoms. The van der Waals surface area contributed by atoms with Gasteiger partial charge in [-0.05, 0) is 36.0 Å². The third-order valence-electron chi connectivity index (χ3n) is 3.94. The van der Waals surface area contributed by atoms with E-state index in [9.17, 15) is 9.59 Å². The Morgan fingerprint density at radius 1 is 1.20 bits per heavy atom. The molecule has 0 atom stereocenters. The number of nitrogens with zero attached hydrogens (tertiary/aromatic N) is 1. The Kier molecular flexibility index (Phi) is 8.42. The fourth-order valence-electron chi connectivity index (χ4n) is 2.25. The van der Waals surface area contributed by atoms with Crippen LogP contribution in [-0.4, -0.2) is 24.5 Å². The number of hydrogen-bond donors (Lipinski definition) is 1. The summed E-state index contributed by atoms with van der Waals surface area (Å²) in [5, 5.41) is 11.9. The minimum absolute atomic E-state index is 0.0663. The van der Waals surface area contributed by atoms with Gasteiger partial charge in [0.2, 0.25) is 0 Å². The summed E-state index contributed by atoms with van der Waals surface area (Å²) in [6, 6.07) is 9.51. The van der Waals surface area contributed by atoms with Crippen molar-refractivity contribution in [2.45, 2.75) is 52.5 Å². The molecule has 0 saturated heterocycles. The highest BCUT2D eigenvalue weighted by Gasteiger charge is 2.14. The Morgan fingerprint density at radius 3 is 2.28 bits per heavy atom. The highest BCUT2D eigenvalue weighted by atomic mass is 16.5. The first-order chi connectivity index (χ1) is 11.9. The number of carbonyl (C=O) groups excluding carboxylic acids is 2. The molecule has 1 rings (SSSR count). The second kappa shape index (κ2) is 10.3. The summed E-state index contributed by atoms with van der Waals surface area (Å²) in [7, 11) is 0. The Balaban J connectivity index is 2.68. The van der Waals surface area contributed by atoms with Gasteiger partial charge in [-0.15, -0.1) is 0 Å². The first-order valence-electron chi connectivity index (χ1n) is 8.59. The van der Waals surface area contributed by atoms with E-state index < -0.39 is 5.97 Å². The normalized spacial score (nSPS) is 11.3. The largest absolute Gasteiger partial charge is 0.451 e. The van der Waals surface area contributed by atoms with Crippen LogP contribution in [0.1, 0.15) is 57.6 Å². The summed E-state index contributed by atoms with van der Waals surface area (Å²) in [5.41, 5.74) is 1.78. The van der Waals surface area contributed by atoms with E-state index in [0.717, 1.165) is 18.4 Å². The Bertz CT molecular complexity index is 651. The second-order valence-corrected chi connectivity index (χ2v) is 6.15. The Labute approximate surface area is 149 Å². The van der Waals surface area contributed by atoms with Gasteiger partial charge >= 0.3 is 5.97 Å². The summed E-state index contributed by atoms with van der Waals surface area (Å²) in [4.78, 5) is 23.7. The van der Waals surface area contributed by atoms with Gasteiger partial charge in [-0.3, -0.25) is 4.79 Å². The summed E-state index contributed by atoms with van der Waals surface area (Å²) < 4.78 is 4.94. The molecule has 0 aliphatic heterocycles. The van der Waals surface area contributed by atoms with Crippen molar-refractivity contribution in [1.29, 1.82) is 5.26 Å². The topological polar surface area (TPSA) is 79.2 Å². The van der Waals surface area contributed by atoms with Crippen LogP contribution in [0.15, 0.2) is 29.8 Å². The van der Waals surface area contributed by atoms with E-state index in [1.54, 1.807) is 0 Å². The first kappa shape index (κ1) is 20.4. The monoisotopic (exact) mass is 342 g/mol. The van der Waals surface area contributed by atoms with Gasteiger partial charge in [-0.25, -0.2) is 4.79 Å². The SMILES string of the molecule is CCC(CC)NC(=O)COC(=O)/C(C#N)=C/c1ccc(C(C)C)cc1. The number of carbonyl (C=O) groups is 2. The number of benzene rings is 1. The standard InChI is InChI=1S/C20H26N2O3/c1-5-18(6-2)22-19(23)13-25-20(24)17(12-21)11-15-7-9-16(10-8-15)14(3)4/h7-11,14,18H,5-6,13H2,1-4H3,(H,22,23)/b17-11+. The molecule has 0 spiro atoms. The average molecular weight is 342 g/mol. The van der Waals surface area contributed by atoms with Crippen molar-refractivity contribution in [3.05, 3.63) is 41.0 Å². The molecule has 0 saturated carbocycles. The van der Waals surface area contributed by atoms with Crippen LogP contribution in [0.3, 0.4) is 0 Å². The van der Waals surface area contributed by atoms with E-state index in [4.69, 9.17) is 10.00 Å². The summed E-state index contributed by atoms with van der Waals surface area (Å²) in [6.07, 6.45) is 3.09. The molecule has 1 N–H and O–H groups in total. The number of nitriles is 1. The van der Waals surface area contributed by atoms with Gasteiger partial charge in [0.05, 0.1) is 0 Å². The van der Waals surface area contributed by atoms with Gasteiger partial charge in [0, 0.05) is 6.04 Å². The van der Waals surface area contributed by atoms with Gasteiger partial charge in [0.1, 0.15) is 11.6 Å². The molecule has 1 aromatic carbocycles. The number of hydrogen-bond acceptors (Lipinski definition) is 4. The van der Waals surface area contributed by atoms with Gasteiger partial charge in [0.25, 0.3) is 5.91 Å². The summed E-state index contributed by atoms with van der Waals surface area (Å²) in [6.45, 7) is 7.74. The Hall–Kier alpha value is -2.61. The van der Waals surface area contributed by atoms with Crippen LogP contribution in [0.2, 0.25) is 0 Å². The predicted molar refractivity (Wildman–Crippen MR) is 97.6 cm³/mol. The van der Waals surface area contributed by atoms with Gasteiger partial charge in [-0.2, -0.15) is 5.26 Å². The van der Waals surface area contributed by atoms with Crippen molar-refractivity contribution in [1.82, 2.24) is 5.32 Å². The van der Waals surface area contributed by atoms with Crippen LogP contribution in [0.4, 0.5) is 0 Å². The molecule has 0 heterocycles. The molecule has 5 nitrogen and oxygen atoms in total. The quantitative estimate of drug-likeness (QED) is 0.445. The molecule has 1 amide bonds. The maximum Gasteiger partial charge on any atom is 0.349 e. The average Bonchev–Trinajstić information content (AvgIpc) is 2.62. The zero-order valence-corrected chi connectivity index (χ0v) is 15.3. The minimum atomic E-state index is -0.796. The lowest BCUT2D eigenvalue weighted by Crippen LogP contribution is -2.36. The third kappa shape index (κ3) is 6.80. The minimum Gasteiger partial charge on any atom is -0.451 e. The maximum absolute atomic E-state index is 12.0. The molecule has 25 heavy (non-hydrogen) atoms. The zero-order chi connectivity index (χ0) is 18.8. The van der Waals surface area contributed by atoms with Gasteiger partial charge in [-0.1, -0.05) is 52.0 Å². The van der Waals surface area contributed by atoms with Gasteiger partial charge < -0.3 is 10.1 Å². The molecular weight excluding hydrogens is 316 g/mol. The molecule has 134 valence electrons. The molecule has 0 radical (unpaired) electrons. The molecule has 0 aliphatic carbocycles. The van der Waals surface area contributed by atoms with Crippen LogP contribution >= 0.6 is 0 Å². The van der Waals surface area contributed by atoms with Crippen LogP contribution in [0.25, 0.3) is 6.08 Å². The van der Waals surface area contributed by atoms with Crippen LogP contribution < -0.4 is 5.32 Å². The number of amides is 1. The molecule has 1 aromatic rings. The summed E-state index contributed by atoms with van der Waals surface area (Å²) >= 11 is 0. The second-order valence-electron chi connectivity index (χ2n) is 6.15. The lowest BCUT2D eigenvalue weighted by Gasteiger charge is -2.14. The molecule has 0 unspecified atom stereocenters.